The van der Waals surface area contributed by atoms with E-state index in [4.69, 9.17) is 9.98 Å². The maximum Gasteiger partial charge on any atom is 0.222 e. The standard InChI is InChI=1S/C21H29N5OS.HI/c1-3-22-21(23-12-8-14-26-13-7-11-19(26)27)24-15-18-16(2)25-20(28-18)17-9-5-4-6-10-17;/h4-6,9-10H,3,7-8,11-15H2,1-2H3,(H2,22,23,24);1H. The minimum absolute atomic E-state index is 0. The third-order valence-electron chi connectivity index (χ3n) is 4.71. The van der Waals surface area contributed by atoms with Crippen molar-refractivity contribution >= 4 is 47.2 Å². The summed E-state index contributed by atoms with van der Waals surface area (Å²) in [6, 6.07) is 10.3. The second-order valence-corrected chi connectivity index (χ2v) is 7.94. The van der Waals surface area contributed by atoms with Gasteiger partial charge in [0.1, 0.15) is 5.01 Å². The first-order valence-corrected chi connectivity index (χ1v) is 10.8. The van der Waals surface area contributed by atoms with Crippen molar-refractivity contribution in [3.63, 3.8) is 0 Å². The van der Waals surface area contributed by atoms with E-state index >= 15 is 0 Å². The molecular weight excluding hydrogens is 497 g/mol. The van der Waals surface area contributed by atoms with Gasteiger partial charge in [-0.3, -0.25) is 4.79 Å². The van der Waals surface area contributed by atoms with Crippen LogP contribution in [-0.4, -0.2) is 47.9 Å². The number of rotatable bonds is 8. The maximum atomic E-state index is 11.7. The molecule has 29 heavy (non-hydrogen) atoms. The predicted molar refractivity (Wildman–Crippen MR) is 131 cm³/mol. The highest BCUT2D eigenvalue weighted by Crippen LogP contribution is 2.28. The van der Waals surface area contributed by atoms with Crippen LogP contribution in [0.15, 0.2) is 35.3 Å². The van der Waals surface area contributed by atoms with Crippen LogP contribution in [0.5, 0.6) is 0 Å². The Morgan fingerprint density at radius 3 is 2.76 bits per heavy atom. The van der Waals surface area contributed by atoms with E-state index in [9.17, 15) is 4.79 Å². The first-order valence-electron chi connectivity index (χ1n) is 9.99. The molecule has 0 spiro atoms. The zero-order chi connectivity index (χ0) is 19.8. The number of benzene rings is 1. The minimum Gasteiger partial charge on any atom is -0.357 e. The number of carbonyl (C=O) groups excluding carboxylic acids is 1. The number of thiazole rings is 1. The first-order chi connectivity index (χ1) is 13.7. The summed E-state index contributed by atoms with van der Waals surface area (Å²) in [4.78, 5) is 24.2. The van der Waals surface area contributed by atoms with Gasteiger partial charge in [0.05, 0.1) is 12.2 Å². The monoisotopic (exact) mass is 527 g/mol. The summed E-state index contributed by atoms with van der Waals surface area (Å²) in [6.07, 6.45) is 2.63. The molecule has 6 nitrogen and oxygen atoms in total. The van der Waals surface area contributed by atoms with Gasteiger partial charge in [0, 0.05) is 43.0 Å². The van der Waals surface area contributed by atoms with E-state index in [1.807, 2.05) is 30.0 Å². The van der Waals surface area contributed by atoms with E-state index in [0.29, 0.717) is 13.0 Å². The Kier molecular flexibility index (Phi) is 9.86. The lowest BCUT2D eigenvalue weighted by Gasteiger charge is -2.16. The molecular formula is C21H30IN5OS. The second kappa shape index (κ2) is 12.1. The number of nitrogens with zero attached hydrogens (tertiary/aromatic N) is 3. The molecule has 2 heterocycles. The third-order valence-corrected chi connectivity index (χ3v) is 5.90. The molecule has 1 fully saturated rings. The molecule has 0 bridgehead atoms. The molecule has 2 N–H and O–H groups in total. The van der Waals surface area contributed by atoms with Crippen molar-refractivity contribution < 1.29 is 4.79 Å². The summed E-state index contributed by atoms with van der Waals surface area (Å²) >= 11 is 1.70. The van der Waals surface area contributed by atoms with Gasteiger partial charge in [0.15, 0.2) is 5.96 Å². The highest BCUT2D eigenvalue weighted by Gasteiger charge is 2.18. The molecule has 1 saturated heterocycles. The highest BCUT2D eigenvalue weighted by atomic mass is 127. The summed E-state index contributed by atoms with van der Waals surface area (Å²) in [5.41, 5.74) is 2.18. The molecule has 1 aliphatic rings. The van der Waals surface area contributed by atoms with Crippen molar-refractivity contribution in [2.24, 2.45) is 4.99 Å². The summed E-state index contributed by atoms with van der Waals surface area (Å²) < 4.78 is 0. The number of nitrogens with one attached hydrogen (secondary N) is 2. The smallest absolute Gasteiger partial charge is 0.222 e. The van der Waals surface area contributed by atoms with Gasteiger partial charge >= 0.3 is 0 Å². The fourth-order valence-electron chi connectivity index (χ4n) is 3.19. The number of aliphatic imine (C=N–C) groups is 1. The Morgan fingerprint density at radius 2 is 2.07 bits per heavy atom. The van der Waals surface area contributed by atoms with E-state index in [2.05, 4.69) is 29.7 Å². The molecule has 1 amide bonds. The van der Waals surface area contributed by atoms with Crippen LogP contribution in [0.3, 0.4) is 0 Å². The molecule has 0 unspecified atom stereocenters. The van der Waals surface area contributed by atoms with Crippen molar-refractivity contribution in [2.75, 3.05) is 26.2 Å². The summed E-state index contributed by atoms with van der Waals surface area (Å²) in [5, 5.41) is 7.70. The van der Waals surface area contributed by atoms with Crippen LogP contribution in [0.1, 0.15) is 36.8 Å². The van der Waals surface area contributed by atoms with Gasteiger partial charge < -0.3 is 15.5 Å². The topological polar surface area (TPSA) is 69.6 Å². The van der Waals surface area contributed by atoms with Gasteiger partial charge in [-0.2, -0.15) is 0 Å². The lowest BCUT2D eigenvalue weighted by atomic mass is 10.2. The van der Waals surface area contributed by atoms with Gasteiger partial charge in [-0.05, 0) is 26.7 Å². The molecule has 0 atom stereocenters. The number of aryl methyl sites for hydroxylation is 1. The molecule has 2 aromatic rings. The number of carbonyl (C=O) groups is 1. The van der Waals surface area contributed by atoms with Crippen molar-refractivity contribution in [2.45, 2.75) is 39.7 Å². The Labute approximate surface area is 194 Å². The number of halogens is 1. The minimum atomic E-state index is 0. The van der Waals surface area contributed by atoms with E-state index < -0.39 is 0 Å². The fourth-order valence-corrected chi connectivity index (χ4v) is 4.18. The number of hydrogen-bond donors (Lipinski definition) is 2. The van der Waals surface area contributed by atoms with Gasteiger partial charge in [-0.1, -0.05) is 30.3 Å². The first kappa shape index (κ1) is 23.6. The molecule has 0 aliphatic carbocycles. The van der Waals surface area contributed by atoms with Crippen LogP contribution in [-0.2, 0) is 11.3 Å². The summed E-state index contributed by atoms with van der Waals surface area (Å²) in [7, 11) is 0. The summed E-state index contributed by atoms with van der Waals surface area (Å²) in [6.45, 7) is 8.05. The van der Waals surface area contributed by atoms with Gasteiger partial charge in [-0.25, -0.2) is 9.98 Å². The lowest BCUT2D eigenvalue weighted by Crippen LogP contribution is -2.39. The Hall–Kier alpha value is -1.68. The molecule has 8 heteroatoms. The predicted octanol–water partition coefficient (Wildman–Crippen LogP) is 3.80. The Morgan fingerprint density at radius 1 is 1.28 bits per heavy atom. The van der Waals surface area contributed by atoms with Gasteiger partial charge in [0.2, 0.25) is 5.91 Å². The molecule has 158 valence electrons. The van der Waals surface area contributed by atoms with Gasteiger partial charge in [-0.15, -0.1) is 35.3 Å². The van der Waals surface area contributed by atoms with Crippen molar-refractivity contribution in [3.8, 4) is 10.6 Å². The average Bonchev–Trinajstić information content (AvgIpc) is 3.29. The summed E-state index contributed by atoms with van der Waals surface area (Å²) in [5.74, 6) is 1.10. The average molecular weight is 527 g/mol. The second-order valence-electron chi connectivity index (χ2n) is 6.85. The normalized spacial score (nSPS) is 14.1. The molecule has 3 rings (SSSR count). The lowest BCUT2D eigenvalue weighted by molar-refractivity contribution is -0.127. The Bertz CT molecular complexity index is 809. The van der Waals surface area contributed by atoms with Crippen LogP contribution in [0.25, 0.3) is 10.6 Å². The molecule has 0 radical (unpaired) electrons. The van der Waals surface area contributed by atoms with Crippen LogP contribution >= 0.6 is 35.3 Å². The number of guanidine groups is 1. The van der Waals surface area contributed by atoms with E-state index in [1.165, 1.54) is 4.88 Å². The molecule has 1 aromatic carbocycles. The van der Waals surface area contributed by atoms with Gasteiger partial charge in [0.25, 0.3) is 0 Å². The SMILES string of the molecule is CCNC(=NCc1sc(-c2ccccc2)nc1C)NCCCN1CCCC1=O.I. The molecule has 1 aliphatic heterocycles. The van der Waals surface area contributed by atoms with Crippen LogP contribution in [0.4, 0.5) is 0 Å². The number of likely N-dealkylation sites (tertiary alicyclic amines) is 1. The van der Waals surface area contributed by atoms with E-state index in [0.717, 1.165) is 61.2 Å². The highest BCUT2D eigenvalue weighted by molar-refractivity contribution is 14.0. The quantitative estimate of drug-likeness (QED) is 0.237. The third kappa shape index (κ3) is 6.95. The van der Waals surface area contributed by atoms with Crippen molar-refractivity contribution in [1.82, 2.24) is 20.5 Å². The molecule has 1 aromatic heterocycles. The number of amides is 1. The maximum absolute atomic E-state index is 11.7. The number of aromatic nitrogens is 1. The van der Waals surface area contributed by atoms with E-state index in [1.54, 1.807) is 11.3 Å². The van der Waals surface area contributed by atoms with Crippen LogP contribution < -0.4 is 10.6 Å². The Balaban J connectivity index is 0.00000300. The van der Waals surface area contributed by atoms with Crippen molar-refractivity contribution in [1.29, 1.82) is 0 Å². The number of hydrogen-bond acceptors (Lipinski definition) is 4. The van der Waals surface area contributed by atoms with Crippen LogP contribution in [0, 0.1) is 6.92 Å². The zero-order valence-electron chi connectivity index (χ0n) is 17.1. The zero-order valence-corrected chi connectivity index (χ0v) is 20.3. The van der Waals surface area contributed by atoms with Crippen molar-refractivity contribution in [3.05, 3.63) is 40.9 Å². The van der Waals surface area contributed by atoms with E-state index in [-0.39, 0.29) is 29.9 Å². The fraction of sp³-hybridized carbons (Fsp3) is 0.476. The van der Waals surface area contributed by atoms with Crippen LogP contribution in [0.2, 0.25) is 0 Å². The molecule has 0 saturated carbocycles. The largest absolute Gasteiger partial charge is 0.357 e.